The fourth-order valence-corrected chi connectivity index (χ4v) is 5.48. The monoisotopic (exact) mass is 486 g/mol. The van der Waals surface area contributed by atoms with Crippen molar-refractivity contribution < 1.29 is 27.1 Å². The van der Waals surface area contributed by atoms with Crippen molar-refractivity contribution in [3.63, 3.8) is 0 Å². The van der Waals surface area contributed by atoms with Crippen LogP contribution in [0.25, 0.3) is 11.0 Å². The number of nitrogens with zero attached hydrogens (tertiary/aromatic N) is 1. The summed E-state index contributed by atoms with van der Waals surface area (Å²) in [5.74, 6) is -0.0824. The number of amides is 1. The molecule has 1 N–H and O–H groups in total. The Morgan fingerprint density at radius 2 is 1.88 bits per heavy atom. The van der Waals surface area contributed by atoms with Crippen molar-refractivity contribution in [3.05, 3.63) is 64.0 Å². The number of ether oxygens (including phenoxy) is 2. The lowest BCUT2D eigenvalue weighted by atomic mass is 10.1. The molecule has 3 aromatic rings. The summed E-state index contributed by atoms with van der Waals surface area (Å²) in [5.41, 5.74) is 1.76. The number of anilines is 1. The summed E-state index contributed by atoms with van der Waals surface area (Å²) in [5, 5.41) is 3.49. The number of sulfonamides is 1. The summed E-state index contributed by atoms with van der Waals surface area (Å²) in [6.07, 6.45) is 0.685. The smallest absolute Gasteiger partial charge is 0.336 e. The first-order chi connectivity index (χ1) is 16.3. The van der Waals surface area contributed by atoms with Gasteiger partial charge in [-0.25, -0.2) is 13.2 Å². The van der Waals surface area contributed by atoms with Crippen molar-refractivity contribution in [1.82, 2.24) is 4.31 Å². The summed E-state index contributed by atoms with van der Waals surface area (Å²) in [6.45, 7) is 4.64. The fraction of sp³-hybridized carbons (Fsp3) is 0.333. The van der Waals surface area contributed by atoms with Gasteiger partial charge >= 0.3 is 5.63 Å². The van der Waals surface area contributed by atoms with Gasteiger partial charge in [-0.1, -0.05) is 13.0 Å². The Morgan fingerprint density at radius 3 is 2.62 bits per heavy atom. The van der Waals surface area contributed by atoms with Crippen LogP contribution < -0.4 is 15.7 Å². The van der Waals surface area contributed by atoms with Crippen LogP contribution in [-0.4, -0.2) is 51.5 Å². The largest absolute Gasteiger partial charge is 0.484 e. The molecule has 0 unspecified atom stereocenters. The zero-order chi connectivity index (χ0) is 24.3. The van der Waals surface area contributed by atoms with Crippen LogP contribution in [0.3, 0.4) is 0 Å². The highest BCUT2D eigenvalue weighted by Gasteiger charge is 2.28. The highest BCUT2D eigenvalue weighted by molar-refractivity contribution is 7.89. The maximum Gasteiger partial charge on any atom is 0.336 e. The van der Waals surface area contributed by atoms with E-state index in [0.29, 0.717) is 42.2 Å². The minimum Gasteiger partial charge on any atom is -0.484 e. The van der Waals surface area contributed by atoms with E-state index in [9.17, 15) is 18.0 Å². The van der Waals surface area contributed by atoms with E-state index in [1.54, 1.807) is 37.3 Å². The van der Waals surface area contributed by atoms with Crippen LogP contribution in [0.15, 0.2) is 56.6 Å². The zero-order valence-electron chi connectivity index (χ0n) is 19.0. The molecule has 180 valence electrons. The van der Waals surface area contributed by atoms with Crippen molar-refractivity contribution in [1.29, 1.82) is 0 Å². The van der Waals surface area contributed by atoms with E-state index in [1.165, 1.54) is 16.4 Å². The Labute approximate surface area is 197 Å². The molecule has 9 nitrogen and oxygen atoms in total. The average Bonchev–Trinajstić information content (AvgIpc) is 2.83. The number of benzene rings is 2. The third-order valence-electron chi connectivity index (χ3n) is 5.61. The molecule has 1 fully saturated rings. The van der Waals surface area contributed by atoms with Crippen LogP contribution in [0.5, 0.6) is 5.75 Å². The molecular formula is C24H26N2O7S. The molecule has 4 rings (SSSR count). The van der Waals surface area contributed by atoms with Crippen molar-refractivity contribution in [2.24, 2.45) is 0 Å². The maximum absolute atomic E-state index is 13.0. The molecule has 34 heavy (non-hydrogen) atoms. The number of rotatable bonds is 7. The van der Waals surface area contributed by atoms with Crippen molar-refractivity contribution >= 4 is 32.6 Å². The first kappa shape index (κ1) is 23.9. The van der Waals surface area contributed by atoms with E-state index < -0.39 is 21.6 Å². The molecule has 2 heterocycles. The van der Waals surface area contributed by atoms with E-state index in [4.69, 9.17) is 13.9 Å². The van der Waals surface area contributed by atoms with E-state index in [0.717, 1.165) is 10.9 Å². The second-order valence-electron chi connectivity index (χ2n) is 7.94. The van der Waals surface area contributed by atoms with Crippen LogP contribution in [-0.2, 0) is 26.0 Å². The van der Waals surface area contributed by atoms with Crippen LogP contribution in [0.2, 0.25) is 0 Å². The van der Waals surface area contributed by atoms with Crippen LogP contribution >= 0.6 is 0 Å². The van der Waals surface area contributed by atoms with Gasteiger partial charge in [0, 0.05) is 36.3 Å². The molecule has 0 aliphatic carbocycles. The summed E-state index contributed by atoms with van der Waals surface area (Å²) >= 11 is 0. The minimum atomic E-state index is -3.70. The molecule has 0 bridgehead atoms. The van der Waals surface area contributed by atoms with Gasteiger partial charge in [-0.3, -0.25) is 4.79 Å². The fourth-order valence-electron chi connectivity index (χ4n) is 3.82. The number of hydrogen-bond acceptors (Lipinski definition) is 7. The van der Waals surface area contributed by atoms with Gasteiger partial charge in [-0.05, 0) is 48.7 Å². The Balaban J connectivity index is 1.45. The molecule has 1 aliphatic rings. The normalized spacial score (nSPS) is 14.8. The molecule has 1 saturated heterocycles. The summed E-state index contributed by atoms with van der Waals surface area (Å²) in [7, 11) is -3.70. The molecular weight excluding hydrogens is 460 g/mol. The van der Waals surface area contributed by atoms with Gasteiger partial charge in [0.2, 0.25) is 10.0 Å². The Morgan fingerprint density at radius 1 is 1.12 bits per heavy atom. The number of carbonyl (C=O) groups is 1. The minimum absolute atomic E-state index is 0.143. The van der Waals surface area contributed by atoms with Crippen molar-refractivity contribution in [2.45, 2.75) is 25.2 Å². The second-order valence-corrected chi connectivity index (χ2v) is 9.84. The number of carbonyl (C=O) groups excluding carboxylic acids is 1. The quantitative estimate of drug-likeness (QED) is 0.511. The summed E-state index contributed by atoms with van der Waals surface area (Å²) in [6, 6.07) is 11.3. The number of hydrogen-bond donors (Lipinski definition) is 1. The van der Waals surface area contributed by atoms with Gasteiger partial charge in [0.25, 0.3) is 5.91 Å². The van der Waals surface area contributed by atoms with E-state index in [1.807, 2.05) is 6.92 Å². The standard InChI is InChI=1S/C24H26N2O7S/c1-3-17-12-24(28)33-21-14-19(6-7-20(17)21)32-15-23(27)25-18-5-4-16(2)22(13-18)34(29,30)26-8-10-31-11-9-26/h4-7,12-14H,3,8-11,15H2,1-2H3,(H,25,27). The van der Waals surface area contributed by atoms with Gasteiger partial charge in [-0.15, -0.1) is 0 Å². The molecule has 1 aliphatic heterocycles. The maximum atomic E-state index is 13.0. The van der Waals surface area contributed by atoms with Crippen molar-refractivity contribution in [3.8, 4) is 5.75 Å². The molecule has 1 aromatic heterocycles. The first-order valence-electron chi connectivity index (χ1n) is 11.0. The zero-order valence-corrected chi connectivity index (χ0v) is 19.8. The van der Waals surface area contributed by atoms with Gasteiger partial charge in [-0.2, -0.15) is 4.31 Å². The molecule has 0 atom stereocenters. The molecule has 0 spiro atoms. The topological polar surface area (TPSA) is 115 Å². The number of nitrogens with one attached hydrogen (secondary N) is 1. The SMILES string of the molecule is CCc1cc(=O)oc2cc(OCC(=O)Nc3ccc(C)c(S(=O)(=O)N4CCOCC4)c3)ccc12. The average molecular weight is 487 g/mol. The Bertz CT molecular complexity index is 1380. The molecule has 0 radical (unpaired) electrons. The second kappa shape index (κ2) is 9.96. The summed E-state index contributed by atoms with van der Waals surface area (Å²) in [4.78, 5) is 24.4. The van der Waals surface area contributed by atoms with E-state index in [2.05, 4.69) is 5.32 Å². The van der Waals surface area contributed by atoms with Crippen LogP contribution in [0.1, 0.15) is 18.1 Å². The highest BCUT2D eigenvalue weighted by atomic mass is 32.2. The molecule has 1 amide bonds. The molecule has 2 aromatic carbocycles. The number of aryl methyl sites for hydroxylation is 2. The van der Waals surface area contributed by atoms with Gasteiger partial charge in [0.1, 0.15) is 11.3 Å². The third kappa shape index (κ3) is 5.14. The number of morpholine rings is 1. The summed E-state index contributed by atoms with van der Waals surface area (Å²) < 4.78 is 43.5. The Hall–Kier alpha value is -3.21. The highest BCUT2D eigenvalue weighted by Crippen LogP contribution is 2.25. The third-order valence-corrected chi connectivity index (χ3v) is 7.65. The van der Waals surface area contributed by atoms with Gasteiger partial charge in [0.15, 0.2) is 6.61 Å². The predicted octanol–water partition coefficient (Wildman–Crippen LogP) is 2.70. The lowest BCUT2D eigenvalue weighted by Crippen LogP contribution is -2.40. The first-order valence-corrected chi connectivity index (χ1v) is 12.4. The lowest BCUT2D eigenvalue weighted by molar-refractivity contribution is -0.118. The van der Waals surface area contributed by atoms with Crippen LogP contribution in [0.4, 0.5) is 5.69 Å². The Kier molecular flexibility index (Phi) is 7.01. The molecule has 10 heteroatoms. The molecule has 0 saturated carbocycles. The number of fused-ring (bicyclic) bond motifs is 1. The van der Waals surface area contributed by atoms with Gasteiger partial charge in [0.05, 0.1) is 18.1 Å². The predicted molar refractivity (Wildman–Crippen MR) is 127 cm³/mol. The van der Waals surface area contributed by atoms with E-state index >= 15 is 0 Å². The van der Waals surface area contributed by atoms with Crippen molar-refractivity contribution in [2.75, 3.05) is 38.2 Å². The van der Waals surface area contributed by atoms with Gasteiger partial charge < -0.3 is 19.2 Å². The van der Waals surface area contributed by atoms with E-state index in [-0.39, 0.29) is 24.6 Å². The van der Waals surface area contributed by atoms with Crippen LogP contribution in [0, 0.1) is 6.92 Å². The lowest BCUT2D eigenvalue weighted by Gasteiger charge is -2.26.